The van der Waals surface area contributed by atoms with Gasteiger partial charge in [0.25, 0.3) is 0 Å². The van der Waals surface area contributed by atoms with Gasteiger partial charge in [0.05, 0.1) is 0 Å². The lowest BCUT2D eigenvalue weighted by Gasteiger charge is -2.02. The van der Waals surface area contributed by atoms with E-state index >= 15 is 0 Å². The molecule has 0 atom stereocenters. The zero-order valence-corrected chi connectivity index (χ0v) is 9.71. The number of hydrogen-bond acceptors (Lipinski definition) is 1. The third-order valence-electron chi connectivity index (χ3n) is 2.18. The summed E-state index contributed by atoms with van der Waals surface area (Å²) in [5.74, 6) is 0.603. The minimum atomic E-state index is 0.603. The minimum Gasteiger partial charge on any atom is -0.313 e. The molecule has 15 heavy (non-hydrogen) atoms. The minimum absolute atomic E-state index is 0.603. The van der Waals surface area contributed by atoms with Crippen molar-refractivity contribution in [3.05, 3.63) is 48.0 Å². The molecule has 0 heterocycles. The van der Waals surface area contributed by atoms with E-state index < -0.39 is 0 Å². The first-order valence-electron chi connectivity index (χ1n) is 5.39. The summed E-state index contributed by atoms with van der Waals surface area (Å²) in [6.45, 7) is 1.98. The van der Waals surface area contributed by atoms with Gasteiger partial charge in [-0.1, -0.05) is 42.5 Å². The van der Waals surface area contributed by atoms with E-state index in [1.807, 2.05) is 6.08 Å². The maximum absolute atomic E-state index is 5.51. The number of rotatable bonds is 7. The molecule has 0 bridgehead atoms. The SMILES string of the molecule is ClC/C=C/CNCCCc1ccccc1. The van der Waals surface area contributed by atoms with Crippen molar-refractivity contribution in [2.24, 2.45) is 0 Å². The van der Waals surface area contributed by atoms with Crippen molar-refractivity contribution in [1.29, 1.82) is 0 Å². The Hall–Kier alpha value is -0.790. The molecule has 0 spiro atoms. The molecule has 1 rings (SSSR count). The van der Waals surface area contributed by atoms with Gasteiger partial charge in [-0.3, -0.25) is 0 Å². The number of benzene rings is 1. The molecule has 0 saturated heterocycles. The first-order chi connectivity index (χ1) is 7.43. The van der Waals surface area contributed by atoms with Crippen LogP contribution in [0.25, 0.3) is 0 Å². The highest BCUT2D eigenvalue weighted by Gasteiger charge is 1.90. The number of aryl methyl sites for hydroxylation is 1. The molecule has 1 N–H and O–H groups in total. The average molecular weight is 224 g/mol. The highest BCUT2D eigenvalue weighted by molar-refractivity contribution is 6.18. The van der Waals surface area contributed by atoms with E-state index in [2.05, 4.69) is 41.7 Å². The van der Waals surface area contributed by atoms with Gasteiger partial charge >= 0.3 is 0 Å². The first-order valence-corrected chi connectivity index (χ1v) is 5.92. The van der Waals surface area contributed by atoms with E-state index in [9.17, 15) is 0 Å². The lowest BCUT2D eigenvalue weighted by Crippen LogP contribution is -2.15. The van der Waals surface area contributed by atoms with Gasteiger partial charge in [0.15, 0.2) is 0 Å². The summed E-state index contributed by atoms with van der Waals surface area (Å²) in [5.41, 5.74) is 1.41. The predicted octanol–water partition coefficient (Wildman–Crippen LogP) is 3.00. The fraction of sp³-hybridized carbons (Fsp3) is 0.385. The van der Waals surface area contributed by atoms with E-state index in [1.54, 1.807) is 0 Å². The van der Waals surface area contributed by atoms with Gasteiger partial charge in [0, 0.05) is 12.4 Å². The van der Waals surface area contributed by atoms with E-state index in [0.717, 1.165) is 19.5 Å². The lowest BCUT2D eigenvalue weighted by atomic mass is 10.1. The summed E-state index contributed by atoms with van der Waals surface area (Å²) in [6.07, 6.45) is 6.35. The monoisotopic (exact) mass is 223 g/mol. The fourth-order valence-corrected chi connectivity index (χ4v) is 1.52. The van der Waals surface area contributed by atoms with Crippen molar-refractivity contribution >= 4 is 11.6 Å². The van der Waals surface area contributed by atoms with Gasteiger partial charge in [-0.05, 0) is 24.9 Å². The molecule has 0 aliphatic rings. The van der Waals surface area contributed by atoms with Gasteiger partial charge in [-0.2, -0.15) is 0 Å². The molecule has 0 aliphatic carbocycles. The first kappa shape index (κ1) is 12.3. The Morgan fingerprint density at radius 2 is 1.93 bits per heavy atom. The van der Waals surface area contributed by atoms with Crippen LogP contribution in [-0.2, 0) is 6.42 Å². The quantitative estimate of drug-likeness (QED) is 0.426. The maximum Gasteiger partial charge on any atom is 0.0404 e. The summed E-state index contributed by atoms with van der Waals surface area (Å²) >= 11 is 5.51. The van der Waals surface area contributed by atoms with Crippen LogP contribution < -0.4 is 5.32 Å². The molecular weight excluding hydrogens is 206 g/mol. The third kappa shape index (κ3) is 6.32. The summed E-state index contributed by atoms with van der Waals surface area (Å²) < 4.78 is 0. The molecule has 1 aromatic rings. The maximum atomic E-state index is 5.51. The second-order valence-electron chi connectivity index (χ2n) is 3.42. The van der Waals surface area contributed by atoms with E-state index in [0.29, 0.717) is 5.88 Å². The number of nitrogens with one attached hydrogen (secondary N) is 1. The van der Waals surface area contributed by atoms with Crippen LogP contribution in [0.4, 0.5) is 0 Å². The fourth-order valence-electron chi connectivity index (χ4n) is 1.39. The van der Waals surface area contributed by atoms with Crippen molar-refractivity contribution in [3.63, 3.8) is 0 Å². The van der Waals surface area contributed by atoms with Crippen LogP contribution in [0.3, 0.4) is 0 Å². The van der Waals surface area contributed by atoms with E-state index in [4.69, 9.17) is 11.6 Å². The Morgan fingerprint density at radius 3 is 2.67 bits per heavy atom. The molecular formula is C13H18ClN. The number of halogens is 1. The van der Waals surface area contributed by atoms with Gasteiger partial charge < -0.3 is 5.32 Å². The smallest absolute Gasteiger partial charge is 0.0404 e. The Balaban J connectivity index is 2.00. The molecule has 0 unspecified atom stereocenters. The molecule has 0 amide bonds. The Bertz CT molecular complexity index is 269. The van der Waals surface area contributed by atoms with Crippen LogP contribution in [0.5, 0.6) is 0 Å². The number of alkyl halides is 1. The van der Waals surface area contributed by atoms with Crippen LogP contribution in [0.2, 0.25) is 0 Å². The summed E-state index contributed by atoms with van der Waals surface area (Å²) in [5, 5.41) is 3.34. The highest BCUT2D eigenvalue weighted by atomic mass is 35.5. The lowest BCUT2D eigenvalue weighted by molar-refractivity contribution is 0.692. The molecule has 0 fully saturated rings. The summed E-state index contributed by atoms with van der Waals surface area (Å²) in [4.78, 5) is 0. The largest absolute Gasteiger partial charge is 0.313 e. The van der Waals surface area contributed by atoms with Gasteiger partial charge in [0.2, 0.25) is 0 Å². The second-order valence-corrected chi connectivity index (χ2v) is 3.73. The van der Waals surface area contributed by atoms with Crippen molar-refractivity contribution in [2.45, 2.75) is 12.8 Å². The number of hydrogen-bond donors (Lipinski definition) is 1. The second kappa shape index (κ2) is 8.51. The highest BCUT2D eigenvalue weighted by Crippen LogP contribution is 2.01. The third-order valence-corrected chi connectivity index (χ3v) is 2.36. The Morgan fingerprint density at radius 1 is 1.13 bits per heavy atom. The van der Waals surface area contributed by atoms with Crippen LogP contribution in [0, 0.1) is 0 Å². The van der Waals surface area contributed by atoms with Gasteiger partial charge in [0.1, 0.15) is 0 Å². The van der Waals surface area contributed by atoms with Crippen LogP contribution in [-0.4, -0.2) is 19.0 Å². The van der Waals surface area contributed by atoms with Gasteiger partial charge in [-0.25, -0.2) is 0 Å². The average Bonchev–Trinajstić information content (AvgIpc) is 2.29. The van der Waals surface area contributed by atoms with Crippen molar-refractivity contribution in [1.82, 2.24) is 5.32 Å². The van der Waals surface area contributed by atoms with Crippen molar-refractivity contribution in [2.75, 3.05) is 19.0 Å². The summed E-state index contributed by atoms with van der Waals surface area (Å²) in [7, 11) is 0. The Kier molecular flexibility index (Phi) is 6.97. The molecule has 82 valence electrons. The zero-order chi connectivity index (χ0) is 10.8. The zero-order valence-electron chi connectivity index (χ0n) is 8.95. The molecule has 0 aromatic heterocycles. The molecule has 1 aromatic carbocycles. The van der Waals surface area contributed by atoms with Crippen molar-refractivity contribution in [3.8, 4) is 0 Å². The van der Waals surface area contributed by atoms with Gasteiger partial charge in [-0.15, -0.1) is 11.6 Å². The van der Waals surface area contributed by atoms with Crippen molar-refractivity contribution < 1.29 is 0 Å². The molecule has 0 radical (unpaired) electrons. The van der Waals surface area contributed by atoms with Crippen LogP contribution >= 0.6 is 11.6 Å². The summed E-state index contributed by atoms with van der Waals surface area (Å²) in [6, 6.07) is 10.6. The normalized spacial score (nSPS) is 11.0. The van der Waals surface area contributed by atoms with E-state index in [-0.39, 0.29) is 0 Å². The topological polar surface area (TPSA) is 12.0 Å². The van der Waals surface area contributed by atoms with Crippen LogP contribution in [0.1, 0.15) is 12.0 Å². The number of allylic oxidation sites excluding steroid dienone is 1. The standard InChI is InChI=1S/C13H18ClN/c14-10-4-5-11-15-12-6-9-13-7-2-1-3-8-13/h1-5,7-8,15H,6,9-12H2/b5-4+. The molecule has 1 nitrogen and oxygen atoms in total. The molecule has 2 heteroatoms. The molecule has 0 aliphatic heterocycles. The molecule has 0 saturated carbocycles. The predicted molar refractivity (Wildman–Crippen MR) is 67.5 cm³/mol. The van der Waals surface area contributed by atoms with E-state index in [1.165, 1.54) is 12.0 Å². The Labute approximate surface area is 97.1 Å². The van der Waals surface area contributed by atoms with Crippen LogP contribution in [0.15, 0.2) is 42.5 Å².